The van der Waals surface area contributed by atoms with Crippen molar-refractivity contribution in [3.8, 4) is 0 Å². The third kappa shape index (κ3) is 4.38. The van der Waals surface area contributed by atoms with Crippen LogP contribution in [0.15, 0.2) is 36.4 Å². The highest BCUT2D eigenvalue weighted by Gasteiger charge is 2.27. The molecule has 0 radical (unpaired) electrons. The largest absolute Gasteiger partial charge is 0.338 e. The molecule has 1 amide bonds. The minimum atomic E-state index is 0.0641. The van der Waals surface area contributed by atoms with Gasteiger partial charge in [-0.15, -0.1) is 10.2 Å². The van der Waals surface area contributed by atoms with E-state index in [1.165, 1.54) is 0 Å². The summed E-state index contributed by atoms with van der Waals surface area (Å²) < 4.78 is 2.08. The zero-order valence-corrected chi connectivity index (χ0v) is 15.8. The van der Waals surface area contributed by atoms with Crippen LogP contribution in [-0.2, 0) is 18.4 Å². The van der Waals surface area contributed by atoms with Gasteiger partial charge in [-0.3, -0.25) is 4.79 Å². The third-order valence-corrected chi connectivity index (χ3v) is 4.77. The number of carbonyl (C=O) groups is 1. The normalized spacial score (nSPS) is 18.0. The molecule has 0 unspecified atom stereocenters. The van der Waals surface area contributed by atoms with Gasteiger partial charge in [0.25, 0.3) is 0 Å². The Labute approximate surface area is 155 Å². The summed E-state index contributed by atoms with van der Waals surface area (Å²) in [4.78, 5) is 16.6. The van der Waals surface area contributed by atoms with Gasteiger partial charge in [-0.05, 0) is 38.6 Å². The summed E-state index contributed by atoms with van der Waals surface area (Å²) in [6, 6.07) is 9.91. The molecule has 3 rings (SSSR count). The van der Waals surface area contributed by atoms with Crippen LogP contribution in [0.2, 0.25) is 0 Å². The zero-order valence-electron chi connectivity index (χ0n) is 15.8. The first-order valence-corrected chi connectivity index (χ1v) is 9.09. The first kappa shape index (κ1) is 18.3. The van der Waals surface area contributed by atoms with E-state index in [0.717, 1.165) is 43.1 Å². The monoisotopic (exact) mass is 353 g/mol. The lowest BCUT2D eigenvalue weighted by Gasteiger charge is -2.31. The number of likely N-dealkylation sites (tertiary alicyclic amines) is 1. The highest BCUT2D eigenvalue weighted by atomic mass is 16.2. The van der Waals surface area contributed by atoms with E-state index in [9.17, 15) is 4.79 Å². The van der Waals surface area contributed by atoms with Gasteiger partial charge in [0.15, 0.2) is 0 Å². The van der Waals surface area contributed by atoms with Crippen LogP contribution < -0.4 is 0 Å². The van der Waals surface area contributed by atoms with Crippen LogP contribution in [0.3, 0.4) is 0 Å². The van der Waals surface area contributed by atoms with E-state index in [0.29, 0.717) is 6.54 Å². The molecule has 0 saturated carbocycles. The van der Waals surface area contributed by atoms with Crippen molar-refractivity contribution in [3.63, 3.8) is 0 Å². The molecule has 1 aromatic carbocycles. The predicted octanol–water partition coefficient (Wildman–Crippen LogP) is 2.30. The minimum Gasteiger partial charge on any atom is -0.338 e. The fourth-order valence-corrected chi connectivity index (χ4v) is 3.38. The SMILES string of the molecule is CN(C)Cc1nnc([C@@H]2CCCN(C(=O)/C=C/c3ccccc3)C2)n1C. The molecule has 1 aliphatic heterocycles. The number of carbonyl (C=O) groups excluding carboxylic acids is 1. The maximum Gasteiger partial charge on any atom is 0.246 e. The van der Waals surface area contributed by atoms with Crippen LogP contribution in [0.25, 0.3) is 6.08 Å². The Morgan fingerprint density at radius 2 is 2.04 bits per heavy atom. The maximum absolute atomic E-state index is 12.6. The van der Waals surface area contributed by atoms with Gasteiger partial charge in [0.1, 0.15) is 11.6 Å². The number of rotatable bonds is 5. The molecule has 1 fully saturated rings. The van der Waals surface area contributed by atoms with Crippen LogP contribution >= 0.6 is 0 Å². The highest BCUT2D eigenvalue weighted by molar-refractivity contribution is 5.91. The number of hydrogen-bond donors (Lipinski definition) is 0. The second-order valence-electron chi connectivity index (χ2n) is 7.14. The Balaban J connectivity index is 1.66. The van der Waals surface area contributed by atoms with Gasteiger partial charge < -0.3 is 14.4 Å². The van der Waals surface area contributed by atoms with Crippen molar-refractivity contribution in [3.05, 3.63) is 53.6 Å². The van der Waals surface area contributed by atoms with Crippen molar-refractivity contribution in [2.45, 2.75) is 25.3 Å². The van der Waals surface area contributed by atoms with Crippen molar-refractivity contribution >= 4 is 12.0 Å². The Bertz CT molecular complexity index is 766. The minimum absolute atomic E-state index is 0.0641. The molecule has 1 aliphatic rings. The number of benzene rings is 1. The number of aromatic nitrogens is 3. The average molecular weight is 353 g/mol. The van der Waals surface area contributed by atoms with Crippen molar-refractivity contribution in [2.24, 2.45) is 7.05 Å². The van der Waals surface area contributed by atoms with Gasteiger partial charge in [-0.25, -0.2) is 0 Å². The second-order valence-corrected chi connectivity index (χ2v) is 7.14. The summed E-state index contributed by atoms with van der Waals surface area (Å²) in [7, 11) is 6.06. The van der Waals surface area contributed by atoms with E-state index in [-0.39, 0.29) is 11.8 Å². The first-order valence-electron chi connectivity index (χ1n) is 9.09. The topological polar surface area (TPSA) is 54.3 Å². The van der Waals surface area contributed by atoms with Gasteiger partial charge >= 0.3 is 0 Å². The molecule has 26 heavy (non-hydrogen) atoms. The van der Waals surface area contributed by atoms with Gasteiger partial charge in [0.2, 0.25) is 5.91 Å². The molecule has 1 aromatic heterocycles. The summed E-state index contributed by atoms with van der Waals surface area (Å²) >= 11 is 0. The van der Waals surface area contributed by atoms with E-state index >= 15 is 0 Å². The maximum atomic E-state index is 12.6. The van der Waals surface area contributed by atoms with Crippen molar-refractivity contribution < 1.29 is 4.79 Å². The molecule has 0 bridgehead atoms. The number of amides is 1. The van der Waals surface area contributed by atoms with Crippen molar-refractivity contribution in [1.82, 2.24) is 24.6 Å². The summed E-state index contributed by atoms with van der Waals surface area (Å²) in [5, 5.41) is 8.74. The van der Waals surface area contributed by atoms with Crippen molar-refractivity contribution in [2.75, 3.05) is 27.2 Å². The second kappa shape index (κ2) is 8.27. The van der Waals surface area contributed by atoms with E-state index in [1.54, 1.807) is 6.08 Å². The first-order chi connectivity index (χ1) is 12.5. The van der Waals surface area contributed by atoms with E-state index < -0.39 is 0 Å². The zero-order chi connectivity index (χ0) is 18.5. The van der Waals surface area contributed by atoms with E-state index in [2.05, 4.69) is 19.7 Å². The lowest BCUT2D eigenvalue weighted by Crippen LogP contribution is -2.38. The lowest BCUT2D eigenvalue weighted by molar-refractivity contribution is -0.127. The van der Waals surface area contributed by atoms with Crippen LogP contribution in [0.1, 0.15) is 36.0 Å². The van der Waals surface area contributed by atoms with Crippen molar-refractivity contribution in [1.29, 1.82) is 0 Å². The highest BCUT2D eigenvalue weighted by Crippen LogP contribution is 2.26. The molecule has 6 nitrogen and oxygen atoms in total. The Morgan fingerprint density at radius 3 is 2.77 bits per heavy atom. The van der Waals surface area contributed by atoms with Gasteiger partial charge in [-0.2, -0.15) is 0 Å². The molecule has 0 spiro atoms. The van der Waals surface area contributed by atoms with Gasteiger partial charge in [-0.1, -0.05) is 30.3 Å². The van der Waals surface area contributed by atoms with E-state index in [1.807, 2.05) is 62.5 Å². The summed E-state index contributed by atoms with van der Waals surface area (Å²) in [5.74, 6) is 2.24. The Hall–Kier alpha value is -2.47. The lowest BCUT2D eigenvalue weighted by atomic mass is 9.97. The van der Waals surface area contributed by atoms with Gasteiger partial charge in [0.05, 0.1) is 6.54 Å². The third-order valence-electron chi connectivity index (χ3n) is 4.77. The number of nitrogens with zero attached hydrogens (tertiary/aromatic N) is 5. The Kier molecular flexibility index (Phi) is 5.83. The smallest absolute Gasteiger partial charge is 0.246 e. The molecular formula is C20H27N5O. The predicted molar refractivity (Wildman–Crippen MR) is 102 cm³/mol. The molecule has 2 aromatic rings. The number of hydrogen-bond acceptors (Lipinski definition) is 4. The average Bonchev–Trinajstić information content (AvgIpc) is 3.00. The van der Waals surface area contributed by atoms with E-state index in [4.69, 9.17) is 0 Å². The van der Waals surface area contributed by atoms with Crippen LogP contribution in [0.4, 0.5) is 0 Å². The van der Waals surface area contributed by atoms with Crippen LogP contribution in [0.5, 0.6) is 0 Å². The van der Waals surface area contributed by atoms with Gasteiger partial charge in [0, 0.05) is 32.1 Å². The Morgan fingerprint density at radius 1 is 1.27 bits per heavy atom. The van der Waals surface area contributed by atoms with Crippen LogP contribution in [-0.4, -0.2) is 57.7 Å². The molecule has 0 aliphatic carbocycles. The summed E-state index contributed by atoms with van der Waals surface area (Å²) in [6.45, 7) is 2.27. The fourth-order valence-electron chi connectivity index (χ4n) is 3.38. The number of piperidine rings is 1. The summed E-state index contributed by atoms with van der Waals surface area (Å²) in [5.41, 5.74) is 1.04. The molecule has 6 heteroatoms. The molecule has 1 saturated heterocycles. The fraction of sp³-hybridized carbons (Fsp3) is 0.450. The molecule has 2 heterocycles. The molecular weight excluding hydrogens is 326 g/mol. The molecule has 1 atom stereocenters. The molecule has 0 N–H and O–H groups in total. The standard InChI is InChI=1S/C20H27N5O/c1-23(2)15-18-21-22-20(24(18)3)17-10-7-13-25(14-17)19(26)12-11-16-8-5-4-6-9-16/h4-6,8-9,11-12,17H,7,10,13-15H2,1-3H3/b12-11+/t17-/m1/s1. The summed E-state index contributed by atoms with van der Waals surface area (Å²) in [6.07, 6.45) is 5.58. The molecule has 138 valence electrons. The quantitative estimate of drug-likeness (QED) is 0.774. The van der Waals surface area contributed by atoms with Crippen LogP contribution in [0, 0.1) is 0 Å².